The van der Waals surface area contributed by atoms with Gasteiger partial charge in [0.15, 0.2) is 0 Å². The maximum Gasteiger partial charge on any atom is 0.305 e. The number of carbonyl (C=O) groups excluding carboxylic acids is 1. The second-order valence-electron chi connectivity index (χ2n) is 5.66. The van der Waals surface area contributed by atoms with Crippen LogP contribution in [0.1, 0.15) is 40.0 Å². The van der Waals surface area contributed by atoms with Gasteiger partial charge in [-0.15, -0.1) is 0 Å². The van der Waals surface area contributed by atoms with Crippen molar-refractivity contribution < 1.29 is 14.7 Å². The third-order valence-electron chi connectivity index (χ3n) is 3.12. The molecule has 0 aliphatic heterocycles. The number of carboxylic acid groups (broad SMARTS) is 1. The molecule has 0 aromatic carbocycles. The van der Waals surface area contributed by atoms with Gasteiger partial charge >= 0.3 is 5.97 Å². The van der Waals surface area contributed by atoms with Gasteiger partial charge in [-0.2, -0.15) is 0 Å². The Balaban J connectivity index is 2.59. The molecular formula is C13H21NO3. The van der Waals surface area contributed by atoms with Crippen LogP contribution in [0.2, 0.25) is 0 Å². The van der Waals surface area contributed by atoms with Gasteiger partial charge in [-0.1, -0.05) is 32.9 Å². The molecule has 1 aliphatic carbocycles. The number of nitrogens with one attached hydrogen (secondary N) is 1. The zero-order valence-electron chi connectivity index (χ0n) is 10.7. The van der Waals surface area contributed by atoms with Crippen LogP contribution in [0.3, 0.4) is 0 Å². The van der Waals surface area contributed by atoms with E-state index in [-0.39, 0.29) is 29.7 Å². The van der Waals surface area contributed by atoms with E-state index in [2.05, 4.69) is 5.32 Å². The van der Waals surface area contributed by atoms with Crippen molar-refractivity contribution in [1.29, 1.82) is 0 Å². The number of carbonyl (C=O) groups is 2. The number of hydrogen-bond acceptors (Lipinski definition) is 2. The molecule has 0 heterocycles. The van der Waals surface area contributed by atoms with E-state index in [1.807, 2.05) is 32.9 Å². The standard InChI is InChI=1S/C13H21NO3/c1-13(2,3)10(8-11(15)16)14-12(17)9-6-4-5-7-9/h4-5,9-10H,6-8H2,1-3H3,(H,14,17)(H,15,16). The van der Waals surface area contributed by atoms with Gasteiger partial charge in [0.1, 0.15) is 0 Å². The molecule has 0 saturated carbocycles. The number of hydrogen-bond donors (Lipinski definition) is 2. The van der Waals surface area contributed by atoms with E-state index >= 15 is 0 Å². The van der Waals surface area contributed by atoms with Crippen molar-refractivity contribution in [3.8, 4) is 0 Å². The molecule has 4 heteroatoms. The first-order valence-corrected chi connectivity index (χ1v) is 5.98. The number of carboxylic acids is 1. The van der Waals surface area contributed by atoms with Crippen molar-refractivity contribution in [3.63, 3.8) is 0 Å². The van der Waals surface area contributed by atoms with Crippen LogP contribution in [-0.4, -0.2) is 23.0 Å². The molecule has 1 rings (SSSR count). The highest BCUT2D eigenvalue weighted by atomic mass is 16.4. The van der Waals surface area contributed by atoms with Gasteiger partial charge in [-0.3, -0.25) is 9.59 Å². The van der Waals surface area contributed by atoms with Crippen molar-refractivity contribution in [1.82, 2.24) is 5.32 Å². The summed E-state index contributed by atoms with van der Waals surface area (Å²) < 4.78 is 0. The Kier molecular flexibility index (Phi) is 4.32. The van der Waals surface area contributed by atoms with Gasteiger partial charge in [-0.25, -0.2) is 0 Å². The largest absolute Gasteiger partial charge is 0.481 e. The van der Waals surface area contributed by atoms with E-state index in [1.54, 1.807) is 0 Å². The number of aliphatic carboxylic acids is 1. The third-order valence-corrected chi connectivity index (χ3v) is 3.12. The van der Waals surface area contributed by atoms with Crippen molar-refractivity contribution in [2.45, 2.75) is 46.1 Å². The summed E-state index contributed by atoms with van der Waals surface area (Å²) in [6.45, 7) is 5.81. The Labute approximate surface area is 102 Å². The first-order chi connectivity index (χ1) is 7.80. The van der Waals surface area contributed by atoms with E-state index in [9.17, 15) is 9.59 Å². The maximum atomic E-state index is 11.9. The molecule has 0 saturated heterocycles. The van der Waals surface area contributed by atoms with Gasteiger partial charge in [0, 0.05) is 12.0 Å². The quantitative estimate of drug-likeness (QED) is 0.737. The summed E-state index contributed by atoms with van der Waals surface area (Å²) >= 11 is 0. The van der Waals surface area contributed by atoms with E-state index in [0.29, 0.717) is 0 Å². The highest BCUT2D eigenvalue weighted by molar-refractivity contribution is 5.80. The van der Waals surface area contributed by atoms with E-state index < -0.39 is 5.97 Å². The maximum absolute atomic E-state index is 11.9. The Hall–Kier alpha value is -1.32. The predicted octanol–water partition coefficient (Wildman–Crippen LogP) is 1.96. The molecule has 0 radical (unpaired) electrons. The Morgan fingerprint density at radius 3 is 2.29 bits per heavy atom. The minimum Gasteiger partial charge on any atom is -0.481 e. The fraction of sp³-hybridized carbons (Fsp3) is 0.692. The van der Waals surface area contributed by atoms with Crippen LogP contribution >= 0.6 is 0 Å². The van der Waals surface area contributed by atoms with Crippen molar-refractivity contribution in [3.05, 3.63) is 12.2 Å². The Bertz CT molecular complexity index is 320. The van der Waals surface area contributed by atoms with Gasteiger partial charge in [0.25, 0.3) is 0 Å². The van der Waals surface area contributed by atoms with Crippen LogP contribution in [0.15, 0.2) is 12.2 Å². The molecule has 96 valence electrons. The lowest BCUT2D eigenvalue weighted by molar-refractivity contribution is -0.138. The van der Waals surface area contributed by atoms with Gasteiger partial charge in [-0.05, 0) is 18.3 Å². The Morgan fingerprint density at radius 1 is 1.35 bits per heavy atom. The summed E-state index contributed by atoms with van der Waals surface area (Å²) in [5.41, 5.74) is -0.250. The smallest absolute Gasteiger partial charge is 0.305 e. The molecular weight excluding hydrogens is 218 g/mol. The lowest BCUT2D eigenvalue weighted by Gasteiger charge is -2.31. The molecule has 17 heavy (non-hydrogen) atoms. The normalized spacial score (nSPS) is 18.1. The molecule has 0 aromatic rings. The highest BCUT2D eigenvalue weighted by Crippen LogP contribution is 2.24. The molecule has 1 atom stereocenters. The van der Waals surface area contributed by atoms with Gasteiger partial charge < -0.3 is 10.4 Å². The van der Waals surface area contributed by atoms with E-state index in [1.165, 1.54) is 0 Å². The van der Waals surface area contributed by atoms with Crippen LogP contribution in [0.25, 0.3) is 0 Å². The van der Waals surface area contributed by atoms with Gasteiger partial charge in [0.05, 0.1) is 6.42 Å². The summed E-state index contributed by atoms with van der Waals surface area (Å²) in [6, 6.07) is -0.326. The lowest BCUT2D eigenvalue weighted by atomic mass is 9.84. The number of rotatable bonds is 4. The third kappa shape index (κ3) is 4.21. The molecule has 4 nitrogen and oxygen atoms in total. The van der Waals surface area contributed by atoms with Gasteiger partial charge in [0.2, 0.25) is 5.91 Å². The molecule has 1 amide bonds. The Morgan fingerprint density at radius 2 is 1.88 bits per heavy atom. The number of amides is 1. The minimum absolute atomic E-state index is 0.0198. The molecule has 0 fully saturated rings. The fourth-order valence-corrected chi connectivity index (χ4v) is 1.87. The molecule has 1 aliphatic rings. The minimum atomic E-state index is -0.880. The summed E-state index contributed by atoms with van der Waals surface area (Å²) in [5, 5.41) is 11.7. The van der Waals surface area contributed by atoms with Crippen molar-refractivity contribution in [2.24, 2.45) is 11.3 Å². The molecule has 0 aromatic heterocycles. The van der Waals surface area contributed by atoms with Crippen LogP contribution in [0.5, 0.6) is 0 Å². The summed E-state index contributed by atoms with van der Waals surface area (Å²) in [6.07, 6.45) is 5.47. The molecule has 0 spiro atoms. The SMILES string of the molecule is CC(C)(C)C(CC(=O)O)NC(=O)C1CC=CC1. The summed E-state index contributed by atoms with van der Waals surface area (Å²) in [7, 11) is 0. The average Bonchev–Trinajstić information content (AvgIpc) is 2.66. The molecule has 1 unspecified atom stereocenters. The zero-order chi connectivity index (χ0) is 13.1. The van der Waals surface area contributed by atoms with Crippen LogP contribution < -0.4 is 5.32 Å². The average molecular weight is 239 g/mol. The monoisotopic (exact) mass is 239 g/mol. The first kappa shape index (κ1) is 13.7. The van der Waals surface area contributed by atoms with E-state index in [0.717, 1.165) is 12.8 Å². The summed E-state index contributed by atoms with van der Waals surface area (Å²) in [5.74, 6) is -0.931. The summed E-state index contributed by atoms with van der Waals surface area (Å²) in [4.78, 5) is 22.7. The lowest BCUT2D eigenvalue weighted by Crippen LogP contribution is -2.46. The van der Waals surface area contributed by atoms with Crippen molar-refractivity contribution >= 4 is 11.9 Å². The van der Waals surface area contributed by atoms with E-state index in [4.69, 9.17) is 5.11 Å². The fourth-order valence-electron chi connectivity index (χ4n) is 1.87. The zero-order valence-corrected chi connectivity index (χ0v) is 10.7. The van der Waals surface area contributed by atoms with Crippen molar-refractivity contribution in [2.75, 3.05) is 0 Å². The second-order valence-corrected chi connectivity index (χ2v) is 5.66. The predicted molar refractivity (Wildman–Crippen MR) is 65.5 cm³/mol. The molecule has 0 bridgehead atoms. The molecule has 2 N–H and O–H groups in total. The van der Waals surface area contributed by atoms with Crippen LogP contribution in [0.4, 0.5) is 0 Å². The highest BCUT2D eigenvalue weighted by Gasteiger charge is 2.30. The number of allylic oxidation sites excluding steroid dienone is 2. The van der Waals surface area contributed by atoms with Crippen LogP contribution in [-0.2, 0) is 9.59 Å². The second kappa shape index (κ2) is 5.34. The topological polar surface area (TPSA) is 66.4 Å². The first-order valence-electron chi connectivity index (χ1n) is 5.98. The van der Waals surface area contributed by atoms with Crippen LogP contribution in [0, 0.1) is 11.3 Å².